The largest absolute Gasteiger partial charge is 0.492 e. The highest BCUT2D eigenvalue weighted by Gasteiger charge is 2.12. The third kappa shape index (κ3) is 7.48. The number of pyridine rings is 1. The number of piperidine rings is 1. The molecule has 0 unspecified atom stereocenters. The summed E-state index contributed by atoms with van der Waals surface area (Å²) in [7, 11) is 0. The molecule has 2 heterocycles. The zero-order valence-corrected chi connectivity index (χ0v) is 22.4. The van der Waals surface area contributed by atoms with Crippen LogP contribution in [0.1, 0.15) is 24.8 Å². The first-order chi connectivity index (χ1) is 19.6. The Bertz CT molecular complexity index is 1420. The van der Waals surface area contributed by atoms with Gasteiger partial charge in [0, 0.05) is 41.9 Å². The van der Waals surface area contributed by atoms with E-state index in [1.807, 2.05) is 60.7 Å². The first-order valence-corrected chi connectivity index (χ1v) is 13.6. The first kappa shape index (κ1) is 27.0. The number of carbonyl (C=O) groups excluding carboxylic acids is 2. The molecule has 0 saturated carbocycles. The van der Waals surface area contributed by atoms with Crippen LogP contribution in [0.2, 0.25) is 0 Å². The lowest BCUT2D eigenvalue weighted by molar-refractivity contribution is 0.183. The third-order valence-corrected chi connectivity index (χ3v) is 6.86. The Kier molecular flexibility index (Phi) is 9.06. The summed E-state index contributed by atoms with van der Waals surface area (Å²) in [5, 5.41) is 13.2. The van der Waals surface area contributed by atoms with Crippen molar-refractivity contribution in [2.24, 2.45) is 0 Å². The van der Waals surface area contributed by atoms with E-state index in [0.717, 1.165) is 41.7 Å². The number of hydrogen-bond acceptors (Lipinski definition) is 5. The Morgan fingerprint density at radius 2 is 1.40 bits per heavy atom. The Hall–Kier alpha value is -4.63. The van der Waals surface area contributed by atoms with Crippen LogP contribution in [-0.4, -0.2) is 48.2 Å². The molecule has 1 saturated heterocycles. The molecule has 0 atom stereocenters. The van der Waals surface area contributed by atoms with E-state index >= 15 is 0 Å². The highest BCUT2D eigenvalue weighted by Crippen LogP contribution is 2.30. The minimum atomic E-state index is -0.361. The summed E-state index contributed by atoms with van der Waals surface area (Å²) in [6, 6.07) is 21.5. The molecule has 0 aliphatic carbocycles. The van der Waals surface area contributed by atoms with Gasteiger partial charge >= 0.3 is 12.1 Å². The topological polar surface area (TPSA) is 108 Å². The fraction of sp³-hybridized carbons (Fsp3) is 0.258. The lowest BCUT2D eigenvalue weighted by Crippen LogP contribution is -2.33. The van der Waals surface area contributed by atoms with Gasteiger partial charge < -0.3 is 26.0 Å². The predicted octanol–water partition coefficient (Wildman–Crippen LogP) is 6.07. The minimum Gasteiger partial charge on any atom is -0.492 e. The van der Waals surface area contributed by atoms with Gasteiger partial charge in [0.2, 0.25) is 0 Å². The molecule has 206 valence electrons. The number of hydrogen-bond donors (Lipinski definition) is 4. The van der Waals surface area contributed by atoms with Crippen molar-refractivity contribution >= 4 is 39.9 Å². The van der Waals surface area contributed by atoms with Crippen LogP contribution in [0.5, 0.6) is 5.75 Å². The number of carbonyl (C=O) groups is 2. The average molecular weight is 539 g/mol. The molecule has 4 N–H and O–H groups in total. The molecule has 1 aliphatic heterocycles. The Morgan fingerprint density at radius 1 is 0.750 bits per heavy atom. The summed E-state index contributed by atoms with van der Waals surface area (Å²) in [6.07, 6.45) is 7.23. The van der Waals surface area contributed by atoms with Crippen LogP contribution in [0.4, 0.5) is 26.7 Å². The zero-order valence-electron chi connectivity index (χ0n) is 22.4. The molecule has 1 fully saturated rings. The molecule has 4 amide bonds. The van der Waals surface area contributed by atoms with Gasteiger partial charge in [-0.3, -0.25) is 9.88 Å². The van der Waals surface area contributed by atoms with Crippen molar-refractivity contribution in [3.63, 3.8) is 0 Å². The molecular formula is C31H34N6O3. The number of aromatic nitrogens is 1. The lowest BCUT2D eigenvalue weighted by Gasteiger charge is -2.26. The zero-order chi connectivity index (χ0) is 27.6. The summed E-state index contributed by atoms with van der Waals surface area (Å²) < 4.78 is 5.88. The lowest BCUT2D eigenvalue weighted by atomic mass is 10.1. The molecule has 9 nitrogen and oxygen atoms in total. The maximum absolute atomic E-state index is 12.8. The van der Waals surface area contributed by atoms with Gasteiger partial charge in [-0.15, -0.1) is 0 Å². The Labute approximate surface area is 233 Å². The van der Waals surface area contributed by atoms with Crippen LogP contribution in [0.15, 0.2) is 85.2 Å². The molecule has 3 aromatic carbocycles. The summed E-state index contributed by atoms with van der Waals surface area (Å²) in [5.74, 6) is 0.780. The van der Waals surface area contributed by atoms with E-state index in [1.165, 1.54) is 19.3 Å². The number of nitrogens with zero attached hydrogens (tertiary/aromatic N) is 2. The second-order valence-electron chi connectivity index (χ2n) is 9.72. The van der Waals surface area contributed by atoms with Crippen LogP contribution in [0, 0.1) is 0 Å². The van der Waals surface area contributed by atoms with E-state index in [9.17, 15) is 9.59 Å². The van der Waals surface area contributed by atoms with E-state index in [2.05, 4.69) is 31.2 Å². The number of likely N-dealkylation sites (tertiary alicyclic amines) is 1. The van der Waals surface area contributed by atoms with Gasteiger partial charge in [-0.25, -0.2) is 9.59 Å². The van der Waals surface area contributed by atoms with Crippen LogP contribution < -0.4 is 26.0 Å². The van der Waals surface area contributed by atoms with Gasteiger partial charge in [0.1, 0.15) is 12.4 Å². The third-order valence-electron chi connectivity index (χ3n) is 6.86. The van der Waals surface area contributed by atoms with Gasteiger partial charge in [0.25, 0.3) is 0 Å². The van der Waals surface area contributed by atoms with Gasteiger partial charge in [-0.2, -0.15) is 0 Å². The van der Waals surface area contributed by atoms with Gasteiger partial charge in [0.15, 0.2) is 0 Å². The van der Waals surface area contributed by atoms with Crippen molar-refractivity contribution in [2.45, 2.75) is 25.8 Å². The summed E-state index contributed by atoms with van der Waals surface area (Å²) in [6.45, 7) is 4.27. The standard InChI is InChI=1S/C31H34N6O3/c38-30(33-22-23-14-16-32-17-15-23)35-28-12-13-29(27-7-3-2-6-26(27)28)36-31(39)34-24-8-10-25(11-9-24)40-21-20-37-18-4-1-5-19-37/h2-3,6-17H,1,4-5,18-22H2,(H2,33,35,38)(H2,34,36,39). The van der Waals surface area contributed by atoms with Gasteiger partial charge in [0.05, 0.1) is 11.4 Å². The molecule has 0 spiro atoms. The number of benzene rings is 3. The van der Waals surface area contributed by atoms with Crippen molar-refractivity contribution in [1.29, 1.82) is 0 Å². The highest BCUT2D eigenvalue weighted by atomic mass is 16.5. The maximum Gasteiger partial charge on any atom is 0.323 e. The van der Waals surface area contributed by atoms with Crippen LogP contribution in [-0.2, 0) is 6.54 Å². The summed E-state index contributed by atoms with van der Waals surface area (Å²) in [5.41, 5.74) is 2.89. The van der Waals surface area contributed by atoms with Crippen LogP contribution in [0.3, 0.4) is 0 Å². The highest BCUT2D eigenvalue weighted by molar-refractivity contribution is 6.11. The van der Waals surface area contributed by atoms with E-state index in [0.29, 0.717) is 30.2 Å². The molecule has 9 heteroatoms. The van der Waals surface area contributed by atoms with Crippen molar-refractivity contribution in [2.75, 3.05) is 42.2 Å². The van der Waals surface area contributed by atoms with E-state index < -0.39 is 0 Å². The van der Waals surface area contributed by atoms with Crippen molar-refractivity contribution in [1.82, 2.24) is 15.2 Å². The normalized spacial score (nSPS) is 13.4. The molecule has 1 aromatic heterocycles. The van der Waals surface area contributed by atoms with Crippen molar-refractivity contribution < 1.29 is 14.3 Å². The molecule has 4 aromatic rings. The number of anilines is 3. The molecule has 0 bridgehead atoms. The Balaban J connectivity index is 1.15. The molecule has 5 rings (SSSR count). The fourth-order valence-electron chi connectivity index (χ4n) is 4.76. The number of urea groups is 2. The van der Waals surface area contributed by atoms with Crippen molar-refractivity contribution in [3.05, 3.63) is 90.8 Å². The molecule has 40 heavy (non-hydrogen) atoms. The molecular weight excluding hydrogens is 504 g/mol. The number of fused-ring (bicyclic) bond motifs is 1. The quantitative estimate of drug-likeness (QED) is 0.207. The first-order valence-electron chi connectivity index (χ1n) is 13.6. The fourth-order valence-corrected chi connectivity index (χ4v) is 4.76. The maximum atomic E-state index is 12.8. The second kappa shape index (κ2) is 13.4. The van der Waals surface area contributed by atoms with Gasteiger partial charge in [-0.05, 0) is 80.0 Å². The van der Waals surface area contributed by atoms with E-state index in [1.54, 1.807) is 24.5 Å². The summed E-state index contributed by atoms with van der Waals surface area (Å²) >= 11 is 0. The number of ether oxygens (including phenoxy) is 1. The Morgan fingerprint density at radius 3 is 2.08 bits per heavy atom. The smallest absolute Gasteiger partial charge is 0.323 e. The van der Waals surface area contributed by atoms with Gasteiger partial charge in [-0.1, -0.05) is 30.7 Å². The monoisotopic (exact) mass is 538 g/mol. The SMILES string of the molecule is O=C(NCc1ccncc1)Nc1ccc(NC(=O)Nc2ccc(OCCN3CCCCC3)cc2)c2ccccc12. The summed E-state index contributed by atoms with van der Waals surface area (Å²) in [4.78, 5) is 31.7. The van der Waals surface area contributed by atoms with Crippen LogP contribution in [0.25, 0.3) is 10.8 Å². The second-order valence-corrected chi connectivity index (χ2v) is 9.72. The van der Waals surface area contributed by atoms with E-state index in [4.69, 9.17) is 4.74 Å². The number of nitrogens with one attached hydrogen (secondary N) is 4. The minimum absolute atomic E-state index is 0.320. The molecule has 1 aliphatic rings. The average Bonchev–Trinajstić information content (AvgIpc) is 2.99. The van der Waals surface area contributed by atoms with E-state index in [-0.39, 0.29) is 12.1 Å². The number of amides is 4. The van der Waals surface area contributed by atoms with Crippen molar-refractivity contribution in [3.8, 4) is 5.75 Å². The molecule has 0 radical (unpaired) electrons. The van der Waals surface area contributed by atoms with Crippen LogP contribution >= 0.6 is 0 Å². The number of rotatable bonds is 9. The predicted molar refractivity (Wildman–Crippen MR) is 159 cm³/mol.